The molecule has 3 aromatic heterocycles. The van der Waals surface area contributed by atoms with Crippen LogP contribution in [0.1, 0.15) is 24.1 Å². The van der Waals surface area contributed by atoms with Crippen LogP contribution in [-0.4, -0.2) is 29.5 Å². The Hall–Kier alpha value is -2.50. The van der Waals surface area contributed by atoms with Crippen LogP contribution in [0.4, 0.5) is 0 Å². The number of fused-ring (bicyclic) bond motifs is 1. The minimum absolute atomic E-state index is 0.834. The first kappa shape index (κ1) is 12.3. The van der Waals surface area contributed by atoms with Crippen molar-refractivity contribution in [2.75, 3.05) is 0 Å². The van der Waals surface area contributed by atoms with Crippen molar-refractivity contribution in [1.29, 1.82) is 0 Å². The van der Waals surface area contributed by atoms with E-state index in [9.17, 15) is 0 Å². The SMILES string of the molecule is Cn1nc2c(c1-c1ncnn1-c1cccnc1)CCCC2. The van der Waals surface area contributed by atoms with Crippen LogP contribution in [-0.2, 0) is 19.9 Å². The van der Waals surface area contributed by atoms with Gasteiger partial charge in [0.1, 0.15) is 12.0 Å². The molecule has 0 aliphatic heterocycles. The number of hydrogen-bond donors (Lipinski definition) is 0. The zero-order chi connectivity index (χ0) is 14.2. The van der Waals surface area contributed by atoms with E-state index >= 15 is 0 Å². The Bertz CT molecular complexity index is 771. The lowest BCUT2D eigenvalue weighted by Gasteiger charge is -2.11. The maximum absolute atomic E-state index is 4.66. The summed E-state index contributed by atoms with van der Waals surface area (Å²) in [5.41, 5.74) is 4.52. The van der Waals surface area contributed by atoms with Gasteiger partial charge in [-0.05, 0) is 37.8 Å². The highest BCUT2D eigenvalue weighted by Crippen LogP contribution is 2.30. The molecule has 0 radical (unpaired) electrons. The van der Waals surface area contributed by atoms with Gasteiger partial charge in [-0.25, -0.2) is 9.67 Å². The first-order valence-corrected chi connectivity index (χ1v) is 7.20. The maximum Gasteiger partial charge on any atom is 0.181 e. The zero-order valence-electron chi connectivity index (χ0n) is 11.9. The fourth-order valence-electron chi connectivity index (χ4n) is 3.03. The summed E-state index contributed by atoms with van der Waals surface area (Å²) < 4.78 is 3.77. The molecule has 0 N–H and O–H groups in total. The van der Waals surface area contributed by atoms with E-state index < -0.39 is 0 Å². The number of hydrogen-bond acceptors (Lipinski definition) is 4. The van der Waals surface area contributed by atoms with Gasteiger partial charge in [-0.1, -0.05) is 0 Å². The molecular formula is C15H16N6. The summed E-state index contributed by atoms with van der Waals surface area (Å²) in [6.45, 7) is 0. The van der Waals surface area contributed by atoms with Crippen LogP contribution in [0.25, 0.3) is 17.2 Å². The van der Waals surface area contributed by atoms with Crippen molar-refractivity contribution in [2.45, 2.75) is 25.7 Å². The van der Waals surface area contributed by atoms with Crippen molar-refractivity contribution in [3.05, 3.63) is 42.1 Å². The number of nitrogens with zero attached hydrogens (tertiary/aromatic N) is 6. The summed E-state index contributed by atoms with van der Waals surface area (Å²) in [6.07, 6.45) is 9.70. The van der Waals surface area contributed by atoms with E-state index in [-0.39, 0.29) is 0 Å². The monoisotopic (exact) mass is 280 g/mol. The molecule has 3 heterocycles. The standard InChI is InChI=1S/C15H16N6/c1-20-14(12-6-2-3-7-13(12)19-20)15-17-10-18-21(15)11-5-4-8-16-9-11/h4-5,8-10H,2-3,6-7H2,1H3. The molecular weight excluding hydrogens is 264 g/mol. The Morgan fingerprint density at radius 1 is 1.19 bits per heavy atom. The molecule has 0 bridgehead atoms. The Morgan fingerprint density at radius 2 is 2.10 bits per heavy atom. The van der Waals surface area contributed by atoms with Crippen LogP contribution in [0.2, 0.25) is 0 Å². The van der Waals surface area contributed by atoms with Gasteiger partial charge in [-0.15, -0.1) is 0 Å². The predicted molar refractivity (Wildman–Crippen MR) is 78.0 cm³/mol. The summed E-state index contributed by atoms with van der Waals surface area (Å²) in [6, 6.07) is 3.88. The van der Waals surface area contributed by atoms with Gasteiger partial charge in [-0.3, -0.25) is 9.67 Å². The van der Waals surface area contributed by atoms with E-state index in [1.54, 1.807) is 18.7 Å². The quantitative estimate of drug-likeness (QED) is 0.719. The van der Waals surface area contributed by atoms with Crippen molar-refractivity contribution in [1.82, 2.24) is 29.5 Å². The van der Waals surface area contributed by atoms with Crippen molar-refractivity contribution in [2.24, 2.45) is 7.05 Å². The third-order valence-corrected chi connectivity index (χ3v) is 3.97. The zero-order valence-corrected chi connectivity index (χ0v) is 11.9. The van der Waals surface area contributed by atoms with Gasteiger partial charge in [0.25, 0.3) is 0 Å². The minimum Gasteiger partial charge on any atom is -0.264 e. The molecule has 3 aromatic rings. The van der Waals surface area contributed by atoms with Gasteiger partial charge in [0.15, 0.2) is 5.82 Å². The molecule has 4 rings (SSSR count). The van der Waals surface area contributed by atoms with Gasteiger partial charge in [0, 0.05) is 18.8 Å². The van der Waals surface area contributed by atoms with E-state index in [1.807, 2.05) is 28.5 Å². The largest absolute Gasteiger partial charge is 0.264 e. The van der Waals surface area contributed by atoms with Crippen LogP contribution in [0.15, 0.2) is 30.9 Å². The average Bonchev–Trinajstić information content (AvgIpc) is 3.11. The van der Waals surface area contributed by atoms with Gasteiger partial charge >= 0.3 is 0 Å². The van der Waals surface area contributed by atoms with Crippen molar-refractivity contribution < 1.29 is 0 Å². The fourth-order valence-corrected chi connectivity index (χ4v) is 3.03. The lowest BCUT2D eigenvalue weighted by Crippen LogP contribution is -2.06. The second-order valence-corrected chi connectivity index (χ2v) is 5.31. The molecule has 1 aliphatic carbocycles. The maximum atomic E-state index is 4.66. The van der Waals surface area contributed by atoms with E-state index in [0.29, 0.717) is 0 Å². The van der Waals surface area contributed by atoms with Crippen molar-refractivity contribution in [3.63, 3.8) is 0 Å². The second kappa shape index (κ2) is 4.80. The molecule has 0 aromatic carbocycles. The summed E-state index contributed by atoms with van der Waals surface area (Å²) in [7, 11) is 1.98. The summed E-state index contributed by atoms with van der Waals surface area (Å²) in [5, 5.41) is 9.02. The van der Waals surface area contributed by atoms with Crippen LogP contribution in [0.3, 0.4) is 0 Å². The fraction of sp³-hybridized carbons (Fsp3) is 0.333. The number of aromatic nitrogens is 6. The smallest absolute Gasteiger partial charge is 0.181 e. The predicted octanol–water partition coefficient (Wildman–Crippen LogP) is 1.94. The minimum atomic E-state index is 0.834. The van der Waals surface area contributed by atoms with Crippen LogP contribution in [0.5, 0.6) is 0 Å². The molecule has 106 valence electrons. The van der Waals surface area contributed by atoms with E-state index in [1.165, 1.54) is 24.1 Å². The molecule has 6 heteroatoms. The Labute approximate surface area is 122 Å². The Morgan fingerprint density at radius 3 is 2.95 bits per heavy atom. The highest BCUT2D eigenvalue weighted by molar-refractivity contribution is 5.60. The van der Waals surface area contributed by atoms with E-state index in [2.05, 4.69) is 20.2 Å². The summed E-state index contributed by atoms with van der Waals surface area (Å²) >= 11 is 0. The first-order valence-electron chi connectivity index (χ1n) is 7.20. The lowest BCUT2D eigenvalue weighted by atomic mass is 9.95. The highest BCUT2D eigenvalue weighted by atomic mass is 15.4. The molecule has 0 atom stereocenters. The first-order chi connectivity index (χ1) is 10.3. The van der Waals surface area contributed by atoms with Gasteiger partial charge in [0.05, 0.1) is 17.6 Å². The lowest BCUT2D eigenvalue weighted by molar-refractivity contribution is 0.664. The van der Waals surface area contributed by atoms with Gasteiger partial charge in [0.2, 0.25) is 0 Å². The van der Waals surface area contributed by atoms with E-state index in [4.69, 9.17) is 0 Å². The topological polar surface area (TPSA) is 61.4 Å². The van der Waals surface area contributed by atoms with Gasteiger partial charge < -0.3 is 0 Å². The van der Waals surface area contributed by atoms with Crippen LogP contribution < -0.4 is 0 Å². The highest BCUT2D eigenvalue weighted by Gasteiger charge is 2.23. The molecule has 21 heavy (non-hydrogen) atoms. The van der Waals surface area contributed by atoms with E-state index in [0.717, 1.165) is 30.0 Å². The van der Waals surface area contributed by atoms with Crippen LogP contribution >= 0.6 is 0 Å². The summed E-state index contributed by atoms with van der Waals surface area (Å²) in [5.74, 6) is 0.834. The second-order valence-electron chi connectivity index (χ2n) is 5.31. The molecule has 0 fully saturated rings. The number of pyridine rings is 1. The van der Waals surface area contributed by atoms with Gasteiger partial charge in [-0.2, -0.15) is 10.2 Å². The van der Waals surface area contributed by atoms with Crippen molar-refractivity contribution >= 4 is 0 Å². The molecule has 1 aliphatic rings. The molecule has 0 spiro atoms. The Kier molecular flexibility index (Phi) is 2.80. The molecule has 0 unspecified atom stereocenters. The third kappa shape index (κ3) is 1.94. The molecule has 0 saturated carbocycles. The molecule has 0 amide bonds. The average molecular weight is 280 g/mol. The summed E-state index contributed by atoms with van der Waals surface area (Å²) in [4.78, 5) is 8.63. The molecule has 0 saturated heterocycles. The van der Waals surface area contributed by atoms with Crippen molar-refractivity contribution in [3.8, 4) is 17.2 Å². The third-order valence-electron chi connectivity index (χ3n) is 3.97. The Balaban J connectivity index is 1.89. The van der Waals surface area contributed by atoms with Crippen LogP contribution in [0, 0.1) is 0 Å². The number of aryl methyl sites for hydroxylation is 2. The normalized spacial score (nSPS) is 14.1. The number of rotatable bonds is 2. The molecule has 6 nitrogen and oxygen atoms in total.